The number of fused-ring (bicyclic) bond motifs is 18. The van der Waals surface area contributed by atoms with Crippen LogP contribution in [0.2, 0.25) is 0 Å². The highest BCUT2D eigenvalue weighted by Crippen LogP contribution is 2.56. The summed E-state index contributed by atoms with van der Waals surface area (Å²) in [5.74, 6) is 0.365. The molecule has 2 heteroatoms. The van der Waals surface area contributed by atoms with Gasteiger partial charge in [-0.2, -0.15) is 0 Å². The van der Waals surface area contributed by atoms with Crippen molar-refractivity contribution in [1.82, 2.24) is 9.13 Å². The lowest BCUT2D eigenvalue weighted by Gasteiger charge is -2.21. The van der Waals surface area contributed by atoms with E-state index in [1.165, 1.54) is 222 Å². The summed E-state index contributed by atoms with van der Waals surface area (Å²) in [7, 11) is 0. The minimum absolute atomic E-state index is 0.0893. The second kappa shape index (κ2) is 27.1. The van der Waals surface area contributed by atoms with Crippen LogP contribution in [-0.2, 0) is 10.8 Å². The van der Waals surface area contributed by atoms with Gasteiger partial charge in [0.1, 0.15) is 0 Å². The molecule has 0 bridgehead atoms. The van der Waals surface area contributed by atoms with E-state index in [9.17, 15) is 0 Å². The van der Waals surface area contributed by atoms with Crippen molar-refractivity contribution >= 4 is 43.6 Å². The first-order valence-corrected chi connectivity index (χ1v) is 41.6. The maximum Gasteiger partial charge on any atom is 0.0547 e. The smallest absolute Gasteiger partial charge is 0.0547 e. The van der Waals surface area contributed by atoms with Crippen LogP contribution in [0, 0.1) is 0 Å². The van der Waals surface area contributed by atoms with Gasteiger partial charge in [-0.1, -0.05) is 355 Å². The van der Waals surface area contributed by atoms with Crippen LogP contribution in [0.15, 0.2) is 413 Å². The molecule has 0 saturated carbocycles. The van der Waals surface area contributed by atoms with Crippen LogP contribution >= 0.6 is 0 Å². The Labute approximate surface area is 689 Å². The van der Waals surface area contributed by atoms with Gasteiger partial charge in [0.05, 0.1) is 22.1 Å². The highest BCUT2D eigenvalue weighted by Gasteiger charge is 2.39. The molecule has 0 spiro atoms. The summed E-state index contributed by atoms with van der Waals surface area (Å²) in [4.78, 5) is 0. The molecule has 2 heterocycles. The Balaban J connectivity index is 0.000000138. The van der Waals surface area contributed by atoms with E-state index in [2.05, 4.69) is 449 Å². The molecule has 0 radical (unpaired) electrons. The topological polar surface area (TPSA) is 9.86 Å². The molecule has 2 atom stereocenters. The molecule has 0 N–H and O–H groups in total. The van der Waals surface area contributed by atoms with Crippen molar-refractivity contribution in [2.75, 3.05) is 0 Å². The minimum Gasteiger partial charge on any atom is -0.309 e. The molecular formula is C116H82N2. The largest absolute Gasteiger partial charge is 0.309 e. The van der Waals surface area contributed by atoms with Crippen molar-refractivity contribution in [3.8, 4) is 123 Å². The van der Waals surface area contributed by atoms with Gasteiger partial charge in [-0.05, 0) is 252 Å². The molecule has 0 aliphatic heterocycles. The molecule has 556 valence electrons. The Kier molecular flexibility index (Phi) is 15.9. The lowest BCUT2D eigenvalue weighted by Crippen LogP contribution is -2.14. The zero-order valence-corrected chi connectivity index (χ0v) is 66.3. The summed E-state index contributed by atoms with van der Waals surface area (Å²) in [6, 6.07) is 154. The molecule has 2 aromatic heterocycles. The Morgan fingerprint density at radius 2 is 0.483 bits per heavy atom. The number of hydrogen-bond donors (Lipinski definition) is 0. The molecule has 118 heavy (non-hydrogen) atoms. The van der Waals surface area contributed by atoms with E-state index in [0.29, 0.717) is 0 Å². The summed E-state index contributed by atoms with van der Waals surface area (Å²) in [5, 5.41) is 5.12. The summed E-state index contributed by atoms with van der Waals surface area (Å²) < 4.78 is 4.96. The second-order valence-corrected chi connectivity index (χ2v) is 33.8. The molecular weight excluding hydrogens is 1420 g/mol. The van der Waals surface area contributed by atoms with Crippen molar-refractivity contribution in [3.05, 3.63) is 468 Å². The fourth-order valence-corrected chi connectivity index (χ4v) is 20.7. The average molecular weight is 1500 g/mol. The summed E-state index contributed by atoms with van der Waals surface area (Å²) in [6.45, 7) is 9.51. The van der Waals surface area contributed by atoms with Gasteiger partial charge < -0.3 is 9.13 Å². The molecule has 0 saturated heterocycles. The fraction of sp³-hybridized carbons (Fsp3) is 0.0690. The highest BCUT2D eigenvalue weighted by atomic mass is 15.0. The van der Waals surface area contributed by atoms with Crippen LogP contribution < -0.4 is 0 Å². The van der Waals surface area contributed by atoms with Crippen LogP contribution in [-0.4, -0.2) is 9.13 Å². The van der Waals surface area contributed by atoms with E-state index in [-0.39, 0.29) is 22.7 Å². The Bertz CT molecular complexity index is 7430. The molecule has 2 unspecified atom stereocenters. The first-order valence-electron chi connectivity index (χ1n) is 41.6. The van der Waals surface area contributed by atoms with Gasteiger partial charge >= 0.3 is 0 Å². The van der Waals surface area contributed by atoms with Crippen LogP contribution in [0.3, 0.4) is 0 Å². The van der Waals surface area contributed by atoms with Crippen molar-refractivity contribution in [3.63, 3.8) is 0 Å². The Morgan fingerprint density at radius 3 is 0.932 bits per heavy atom. The van der Waals surface area contributed by atoms with Gasteiger partial charge in [-0.15, -0.1) is 0 Å². The third-order valence-corrected chi connectivity index (χ3v) is 26.6. The van der Waals surface area contributed by atoms with Crippen molar-refractivity contribution in [1.29, 1.82) is 0 Å². The number of nitrogens with zero attached hydrogens (tertiary/aromatic N) is 2. The number of benzene rings is 18. The molecule has 0 amide bonds. The predicted molar refractivity (Wildman–Crippen MR) is 495 cm³/mol. The van der Waals surface area contributed by atoms with Gasteiger partial charge in [-0.3, -0.25) is 0 Å². The lowest BCUT2D eigenvalue weighted by atomic mass is 9.82. The van der Waals surface area contributed by atoms with Gasteiger partial charge in [0.15, 0.2) is 0 Å². The Morgan fingerprint density at radius 1 is 0.178 bits per heavy atom. The second-order valence-electron chi connectivity index (χ2n) is 33.8. The van der Waals surface area contributed by atoms with Crippen molar-refractivity contribution in [2.24, 2.45) is 0 Å². The number of aromatic nitrogens is 2. The molecule has 24 rings (SSSR count). The first kappa shape index (κ1) is 69.1. The zero-order valence-electron chi connectivity index (χ0n) is 66.3. The minimum atomic E-state index is -0.0921. The maximum absolute atomic E-state index is 2.50. The van der Waals surface area contributed by atoms with Crippen LogP contribution in [0.1, 0.15) is 95.2 Å². The van der Waals surface area contributed by atoms with Gasteiger partial charge in [0.25, 0.3) is 0 Å². The molecule has 20 aromatic rings. The normalized spacial score (nSPS) is 14.6. The first-order chi connectivity index (χ1) is 58.0. The monoisotopic (exact) mass is 1500 g/mol. The van der Waals surface area contributed by atoms with E-state index in [1.54, 1.807) is 0 Å². The van der Waals surface area contributed by atoms with Crippen LogP contribution in [0.5, 0.6) is 0 Å². The van der Waals surface area contributed by atoms with Gasteiger partial charge in [-0.25, -0.2) is 0 Å². The average Bonchev–Trinajstić information content (AvgIpc) is 1.55. The van der Waals surface area contributed by atoms with E-state index in [0.717, 1.165) is 0 Å². The van der Waals surface area contributed by atoms with E-state index in [4.69, 9.17) is 0 Å². The van der Waals surface area contributed by atoms with E-state index in [1.807, 2.05) is 0 Å². The standard InChI is InChI=1S/2C58H41N/c1-58(2)53-23-12-11-21-46(53)50-36-56-52(35-54(50)58)51-34-42(27-31-55(51)59(56)44-28-24-39(25-29-44)37-14-5-3-6-15-37)41-26-30-48-49(33-41)45-20-9-10-22-47(45)57(48)43-19-13-18-40(32-43)38-16-7-4-8-17-38;1-58(2)53-23-12-11-21-46(53)50-35-52-51-34-42(27-31-55(51)59(56(52)36-54(50)58)44-28-24-39(25-29-44)37-14-5-3-6-15-37)41-26-30-48-49(33-41)45-20-9-10-22-47(45)57(48)43-19-13-18-40(32-43)38-16-7-4-8-17-38/h2*3-36,57H,1-2H3. The highest BCUT2D eigenvalue weighted by molar-refractivity contribution is 6.14. The third-order valence-electron chi connectivity index (χ3n) is 26.6. The summed E-state index contributed by atoms with van der Waals surface area (Å²) in [6.07, 6.45) is 0. The molecule has 0 fully saturated rings. The maximum atomic E-state index is 2.50. The SMILES string of the molecule is CC1(C)c2ccccc2-c2cc3c(cc21)c1cc(-c2ccc4c(c2)-c2ccccc2C4c2cccc(-c4ccccc4)c2)ccc1n3-c1ccc(-c2ccccc2)cc1.CC1(C)c2ccccc2-c2cc3c4cc(-c5ccc6c(c5)-c5ccccc5C6c5cccc(-c6ccccc6)c5)ccc4n(-c4ccc(-c5ccccc5)cc4)c3cc21. The molecule has 4 aliphatic rings. The zero-order chi connectivity index (χ0) is 78.5. The third kappa shape index (κ3) is 11.0. The number of rotatable bonds is 10. The van der Waals surface area contributed by atoms with Crippen LogP contribution in [0.25, 0.3) is 166 Å². The van der Waals surface area contributed by atoms with Crippen molar-refractivity contribution in [2.45, 2.75) is 50.4 Å². The van der Waals surface area contributed by atoms with E-state index >= 15 is 0 Å². The lowest BCUT2D eigenvalue weighted by molar-refractivity contribution is 0.661. The molecule has 18 aromatic carbocycles. The van der Waals surface area contributed by atoms with Gasteiger partial charge in [0.2, 0.25) is 0 Å². The van der Waals surface area contributed by atoms with Crippen molar-refractivity contribution < 1.29 is 0 Å². The fourth-order valence-electron chi connectivity index (χ4n) is 20.7. The van der Waals surface area contributed by atoms with Crippen LogP contribution in [0.4, 0.5) is 0 Å². The van der Waals surface area contributed by atoms with Gasteiger partial charge in [0, 0.05) is 55.6 Å². The molecule has 2 nitrogen and oxygen atoms in total. The summed E-state index contributed by atoms with van der Waals surface area (Å²) in [5.41, 5.74) is 46.3. The predicted octanol–water partition coefficient (Wildman–Crippen LogP) is 30.5. The summed E-state index contributed by atoms with van der Waals surface area (Å²) >= 11 is 0. The Hall–Kier alpha value is -14.4. The quantitative estimate of drug-likeness (QED) is 0.129. The van der Waals surface area contributed by atoms with E-state index < -0.39 is 0 Å². The number of hydrogen-bond acceptors (Lipinski definition) is 0. The molecule has 4 aliphatic carbocycles.